The molecule has 2 aliphatic heterocycles. The number of benzene rings is 1. The number of hydrogen-bond acceptors (Lipinski definition) is 14. The number of amides is 2. The molecule has 0 radical (unpaired) electrons. The maximum atomic E-state index is 13.1. The number of carboxylic acid groups (broad SMARTS) is 1. The van der Waals surface area contributed by atoms with Gasteiger partial charge in [0.1, 0.15) is 18.2 Å². The molecule has 3 N–H and O–H groups in total. The second kappa shape index (κ2) is 26.5. The molecule has 19 heteroatoms. The molecule has 0 bridgehead atoms. The number of unbranched alkanes of at least 4 members (excludes halogenated alkanes) is 4. The minimum atomic E-state index is -1.14. The van der Waals surface area contributed by atoms with E-state index in [1.165, 1.54) is 30.1 Å². The van der Waals surface area contributed by atoms with E-state index in [0.29, 0.717) is 57.2 Å². The number of aromatic nitrogens is 2. The third-order valence-electron chi connectivity index (χ3n) is 10.9. The number of carbonyl (C=O) groups is 5. The first-order valence-corrected chi connectivity index (χ1v) is 22.3. The van der Waals surface area contributed by atoms with Crippen molar-refractivity contribution in [3.8, 4) is 0 Å². The third kappa shape index (κ3) is 16.1. The van der Waals surface area contributed by atoms with E-state index in [4.69, 9.17) is 33.5 Å². The van der Waals surface area contributed by atoms with Crippen LogP contribution in [0.15, 0.2) is 52.4 Å². The van der Waals surface area contributed by atoms with Crippen LogP contribution in [-0.2, 0) is 47.6 Å². The molecule has 2 aromatic rings. The van der Waals surface area contributed by atoms with E-state index in [0.717, 1.165) is 19.3 Å². The van der Waals surface area contributed by atoms with Gasteiger partial charge in [-0.05, 0) is 56.7 Å². The molecule has 0 spiro atoms. The first-order valence-electron chi connectivity index (χ1n) is 22.3. The lowest BCUT2D eigenvalue weighted by molar-refractivity contribution is -0.249. The quantitative estimate of drug-likeness (QED) is 0.0517. The number of esters is 2. The van der Waals surface area contributed by atoms with Crippen molar-refractivity contribution in [3.63, 3.8) is 0 Å². The summed E-state index contributed by atoms with van der Waals surface area (Å²) in [4.78, 5) is 84.6. The normalized spacial score (nSPS) is 24.2. The molecule has 1 aromatic heterocycles. The van der Waals surface area contributed by atoms with Crippen molar-refractivity contribution in [1.82, 2.24) is 25.1 Å². The maximum Gasteiger partial charge on any atom is 0.351 e. The molecule has 0 saturated carbocycles. The van der Waals surface area contributed by atoms with E-state index in [1.807, 2.05) is 26.8 Å². The lowest BCUT2D eigenvalue weighted by Gasteiger charge is -2.45. The molecule has 3 heterocycles. The summed E-state index contributed by atoms with van der Waals surface area (Å²) in [6, 6.07) is 9.49. The molecule has 354 valence electrons. The van der Waals surface area contributed by atoms with Crippen LogP contribution in [0.2, 0.25) is 0 Å². The maximum absolute atomic E-state index is 13.1. The monoisotopic (exact) mass is 898 g/mol. The summed E-state index contributed by atoms with van der Waals surface area (Å²) in [7, 11) is 3.56. The van der Waals surface area contributed by atoms with Gasteiger partial charge in [0.05, 0.1) is 37.0 Å². The van der Waals surface area contributed by atoms with E-state index in [1.54, 1.807) is 43.3 Å². The van der Waals surface area contributed by atoms with Gasteiger partial charge in [-0.15, -0.1) is 0 Å². The van der Waals surface area contributed by atoms with Crippen molar-refractivity contribution < 1.29 is 57.5 Å². The zero-order chi connectivity index (χ0) is 46.6. The number of carboxylic acids is 1. The Kier molecular flexibility index (Phi) is 21.3. The van der Waals surface area contributed by atoms with Crippen molar-refractivity contribution in [1.29, 1.82) is 0 Å². The number of carbonyl (C=O) groups excluding carboxylic acids is 4. The molecule has 9 atom stereocenters. The van der Waals surface area contributed by atoms with Crippen molar-refractivity contribution in [2.24, 2.45) is 10.9 Å². The van der Waals surface area contributed by atoms with Crippen LogP contribution in [-0.4, -0.2) is 132 Å². The number of hydrogen-bond donors (Lipinski definition) is 3. The topological polar surface area (TPSA) is 236 Å². The summed E-state index contributed by atoms with van der Waals surface area (Å²) >= 11 is 0. The van der Waals surface area contributed by atoms with E-state index in [-0.39, 0.29) is 42.7 Å². The SMILES string of the molecule is CC[C@H]1O[C@@H](n2ccc(N=CN(C)C)nc2=O)[C@@H](OC(=O)CCC(=O)O)C1OCCCCCCNC(=O)CCCCO[C@@H]1O[C@H](CC)[C@H](C)[C@H](OC(=O)c2ccccc2)[C@H]1NC(C)=O. The van der Waals surface area contributed by atoms with Gasteiger partial charge in [0, 0.05) is 59.3 Å². The Bertz CT molecular complexity index is 1900. The molecular weight excluding hydrogens is 833 g/mol. The van der Waals surface area contributed by atoms with E-state index >= 15 is 0 Å². The van der Waals surface area contributed by atoms with Crippen molar-refractivity contribution >= 4 is 41.9 Å². The summed E-state index contributed by atoms with van der Waals surface area (Å²) in [5.41, 5.74) is -0.255. The first-order chi connectivity index (χ1) is 30.7. The van der Waals surface area contributed by atoms with Gasteiger partial charge in [0.15, 0.2) is 24.4 Å². The van der Waals surface area contributed by atoms with Gasteiger partial charge in [-0.2, -0.15) is 4.98 Å². The summed E-state index contributed by atoms with van der Waals surface area (Å²) in [5, 5.41) is 14.9. The number of rotatable bonds is 26. The number of nitrogens with one attached hydrogen (secondary N) is 2. The van der Waals surface area contributed by atoms with Gasteiger partial charge >= 0.3 is 23.6 Å². The number of aliphatic carboxylic acids is 1. The van der Waals surface area contributed by atoms with Crippen LogP contribution < -0.4 is 16.3 Å². The molecule has 64 heavy (non-hydrogen) atoms. The van der Waals surface area contributed by atoms with Crippen LogP contribution in [0.4, 0.5) is 5.82 Å². The van der Waals surface area contributed by atoms with Gasteiger partial charge in [-0.25, -0.2) is 14.6 Å². The highest BCUT2D eigenvalue weighted by Gasteiger charge is 2.49. The summed E-state index contributed by atoms with van der Waals surface area (Å²) < 4.78 is 37.7. The summed E-state index contributed by atoms with van der Waals surface area (Å²) in [5.74, 6) is -2.78. The highest BCUT2D eigenvalue weighted by Crippen LogP contribution is 2.35. The fraction of sp³-hybridized carbons (Fsp3) is 0.644. The summed E-state index contributed by atoms with van der Waals surface area (Å²) in [6.45, 7) is 8.29. The van der Waals surface area contributed by atoms with Crippen molar-refractivity contribution in [2.75, 3.05) is 33.9 Å². The Hall–Kier alpha value is -5.24. The molecule has 2 amide bonds. The minimum absolute atomic E-state index is 0.0725. The highest BCUT2D eigenvalue weighted by atomic mass is 16.7. The van der Waals surface area contributed by atoms with Gasteiger partial charge in [-0.3, -0.25) is 23.7 Å². The standard InChI is InChI=1S/C45H66N6O13/c1-7-32-29(3)39(64-43(57)31-18-12-11-13-19-31)38(48-30(4)52)44(62-32)60-27-17-14-20-35(53)46-24-15-9-10-16-26-59-40-33(8-2)61-42(41(40)63-37(56)22-21-36(54)55)51-25-23-34(49-45(51)58)47-28-50(5)6/h11-13,18-19,23,25,28-29,32-33,38-42,44H,7-10,14-17,20-22,24,26-27H2,1-6H3,(H,46,53)(H,48,52)(H,54,55)/t29-,32+,33+,38+,39-,40?,41-,42+,44+/m0/s1. The number of ether oxygens (including phenoxy) is 6. The molecule has 1 aromatic carbocycles. The molecule has 19 nitrogen and oxygen atoms in total. The molecule has 0 aliphatic carbocycles. The lowest BCUT2D eigenvalue weighted by atomic mass is 9.87. The summed E-state index contributed by atoms with van der Waals surface area (Å²) in [6.07, 6.45) is 2.74. The fourth-order valence-corrected chi connectivity index (χ4v) is 7.57. The Labute approximate surface area is 374 Å². The Morgan fingerprint density at radius 3 is 2.23 bits per heavy atom. The average Bonchev–Trinajstić information content (AvgIpc) is 3.60. The molecule has 4 rings (SSSR count). The van der Waals surface area contributed by atoms with Crippen molar-refractivity contribution in [2.45, 2.75) is 147 Å². The molecule has 1 unspecified atom stereocenters. The average molecular weight is 899 g/mol. The fourth-order valence-electron chi connectivity index (χ4n) is 7.57. The van der Waals surface area contributed by atoms with Crippen LogP contribution in [0.1, 0.15) is 115 Å². The third-order valence-corrected chi connectivity index (χ3v) is 10.9. The predicted molar refractivity (Wildman–Crippen MR) is 234 cm³/mol. The molecule has 2 fully saturated rings. The van der Waals surface area contributed by atoms with Crippen LogP contribution in [0.3, 0.4) is 0 Å². The van der Waals surface area contributed by atoms with Crippen LogP contribution in [0.5, 0.6) is 0 Å². The number of aliphatic imine (C=N–C) groups is 1. The second-order valence-electron chi connectivity index (χ2n) is 16.2. The van der Waals surface area contributed by atoms with Crippen LogP contribution in [0, 0.1) is 5.92 Å². The zero-order valence-corrected chi connectivity index (χ0v) is 37.8. The van der Waals surface area contributed by atoms with Crippen LogP contribution in [0.25, 0.3) is 0 Å². The van der Waals surface area contributed by atoms with Gasteiger partial charge in [-0.1, -0.05) is 51.8 Å². The largest absolute Gasteiger partial charge is 0.481 e. The first kappa shape index (κ1) is 51.4. The predicted octanol–water partition coefficient (Wildman–Crippen LogP) is 4.30. The highest BCUT2D eigenvalue weighted by molar-refractivity contribution is 5.89. The smallest absolute Gasteiger partial charge is 0.351 e. The van der Waals surface area contributed by atoms with E-state index in [9.17, 15) is 28.8 Å². The molecule has 2 aliphatic rings. The second-order valence-corrected chi connectivity index (χ2v) is 16.2. The van der Waals surface area contributed by atoms with Gasteiger partial charge in [0.25, 0.3) is 0 Å². The number of nitrogens with zero attached hydrogens (tertiary/aromatic N) is 4. The Morgan fingerprint density at radius 2 is 1.56 bits per heavy atom. The lowest BCUT2D eigenvalue weighted by Crippen LogP contribution is -2.62. The van der Waals surface area contributed by atoms with Crippen LogP contribution >= 0.6 is 0 Å². The van der Waals surface area contributed by atoms with E-state index < -0.39 is 73.0 Å². The Morgan fingerprint density at radius 1 is 0.859 bits per heavy atom. The van der Waals surface area contributed by atoms with Crippen molar-refractivity contribution in [3.05, 3.63) is 58.6 Å². The van der Waals surface area contributed by atoms with Gasteiger partial charge < -0.3 is 49.1 Å². The van der Waals surface area contributed by atoms with E-state index in [2.05, 4.69) is 20.6 Å². The van der Waals surface area contributed by atoms with Gasteiger partial charge in [0.2, 0.25) is 11.8 Å². The molecule has 2 saturated heterocycles. The molecular formula is C45H66N6O13. The zero-order valence-electron chi connectivity index (χ0n) is 37.8. The Balaban J connectivity index is 1.18. The minimum Gasteiger partial charge on any atom is -0.481 e.